The van der Waals surface area contributed by atoms with Gasteiger partial charge in [-0.1, -0.05) is 13.8 Å². The fourth-order valence-electron chi connectivity index (χ4n) is 2.62. The number of nitrogens with zero attached hydrogens (tertiary/aromatic N) is 2. The molecule has 0 N–H and O–H groups in total. The number of aryl methyl sites for hydroxylation is 1. The van der Waals surface area contributed by atoms with Crippen LogP contribution in [-0.2, 0) is 16.3 Å². The summed E-state index contributed by atoms with van der Waals surface area (Å²) in [6.45, 7) is 9.98. The van der Waals surface area contributed by atoms with Crippen LogP contribution >= 0.6 is 11.3 Å². The first-order valence-corrected chi connectivity index (χ1v) is 9.98. The van der Waals surface area contributed by atoms with Crippen molar-refractivity contribution in [1.82, 2.24) is 9.88 Å². The molecule has 0 unspecified atom stereocenters. The normalized spacial score (nSPS) is 20.4. The summed E-state index contributed by atoms with van der Waals surface area (Å²) in [5.74, 6) is 0.374. The molecule has 1 aliphatic heterocycles. The molecule has 0 saturated carbocycles. The zero-order valence-corrected chi connectivity index (χ0v) is 15.5. The Bertz CT molecular complexity index is 675. The third kappa shape index (κ3) is 3.35. The van der Waals surface area contributed by atoms with Crippen molar-refractivity contribution in [3.8, 4) is 0 Å². The summed E-state index contributed by atoms with van der Waals surface area (Å²) in [7, 11) is -3.14. The minimum atomic E-state index is -3.14. The van der Waals surface area contributed by atoms with Crippen LogP contribution in [-0.4, -0.2) is 47.8 Å². The standard InChI is InChI=1S/C15H24N2O3S2/c1-10(2)8-12-13(21-11(3)16-12)14(18)17-6-7-22(19,20)15(4,5)9-17/h10H,6-9H2,1-5H3. The van der Waals surface area contributed by atoms with Gasteiger partial charge in [-0.15, -0.1) is 11.3 Å². The van der Waals surface area contributed by atoms with E-state index in [2.05, 4.69) is 18.8 Å². The highest BCUT2D eigenvalue weighted by molar-refractivity contribution is 7.92. The van der Waals surface area contributed by atoms with Crippen molar-refractivity contribution < 1.29 is 13.2 Å². The number of amides is 1. The highest BCUT2D eigenvalue weighted by atomic mass is 32.2. The van der Waals surface area contributed by atoms with Crippen LogP contribution in [0.5, 0.6) is 0 Å². The van der Waals surface area contributed by atoms with Gasteiger partial charge in [-0.05, 0) is 33.1 Å². The van der Waals surface area contributed by atoms with E-state index in [9.17, 15) is 13.2 Å². The first-order chi connectivity index (χ1) is 10.0. The number of rotatable bonds is 3. The molecule has 1 amide bonds. The molecular formula is C15H24N2O3S2. The fourth-order valence-corrected chi connectivity index (χ4v) is 4.90. The number of aromatic nitrogens is 1. The molecule has 1 aromatic heterocycles. The lowest BCUT2D eigenvalue weighted by Gasteiger charge is -2.37. The summed E-state index contributed by atoms with van der Waals surface area (Å²) >= 11 is 1.41. The Balaban J connectivity index is 2.26. The van der Waals surface area contributed by atoms with Crippen molar-refractivity contribution in [2.24, 2.45) is 5.92 Å². The van der Waals surface area contributed by atoms with Crippen molar-refractivity contribution in [3.63, 3.8) is 0 Å². The lowest BCUT2D eigenvalue weighted by Crippen LogP contribution is -2.54. The summed E-state index contributed by atoms with van der Waals surface area (Å²) in [5, 5.41) is 0.878. The van der Waals surface area contributed by atoms with Gasteiger partial charge in [-0.2, -0.15) is 0 Å². The topological polar surface area (TPSA) is 67.3 Å². The summed E-state index contributed by atoms with van der Waals surface area (Å²) in [4.78, 5) is 19.6. The third-order valence-electron chi connectivity index (χ3n) is 3.93. The van der Waals surface area contributed by atoms with Gasteiger partial charge in [-0.3, -0.25) is 4.79 Å². The number of sulfone groups is 1. The van der Waals surface area contributed by atoms with Crippen molar-refractivity contribution >= 4 is 27.1 Å². The molecule has 7 heteroatoms. The van der Waals surface area contributed by atoms with Crippen LogP contribution in [0.4, 0.5) is 0 Å². The minimum Gasteiger partial charge on any atom is -0.335 e. The highest BCUT2D eigenvalue weighted by Gasteiger charge is 2.42. The monoisotopic (exact) mass is 344 g/mol. The molecule has 0 bridgehead atoms. The van der Waals surface area contributed by atoms with Gasteiger partial charge in [0.2, 0.25) is 0 Å². The van der Waals surface area contributed by atoms with Gasteiger partial charge < -0.3 is 4.90 Å². The summed E-state index contributed by atoms with van der Waals surface area (Å²) < 4.78 is 23.3. The van der Waals surface area contributed by atoms with Crippen molar-refractivity contribution in [2.45, 2.75) is 45.8 Å². The zero-order valence-electron chi connectivity index (χ0n) is 13.8. The lowest BCUT2D eigenvalue weighted by molar-refractivity contribution is 0.0747. The summed E-state index contributed by atoms with van der Waals surface area (Å²) in [5.41, 5.74) is 0.841. The Morgan fingerprint density at radius 2 is 2.05 bits per heavy atom. The Hall–Kier alpha value is -0.950. The molecule has 0 radical (unpaired) electrons. The van der Waals surface area contributed by atoms with E-state index in [4.69, 9.17) is 0 Å². The van der Waals surface area contributed by atoms with Gasteiger partial charge >= 0.3 is 0 Å². The third-order valence-corrected chi connectivity index (χ3v) is 7.46. The van der Waals surface area contributed by atoms with E-state index in [1.54, 1.807) is 18.7 Å². The predicted molar refractivity (Wildman–Crippen MR) is 89.2 cm³/mol. The van der Waals surface area contributed by atoms with Gasteiger partial charge in [-0.25, -0.2) is 13.4 Å². The van der Waals surface area contributed by atoms with Crippen molar-refractivity contribution in [1.29, 1.82) is 0 Å². The van der Waals surface area contributed by atoms with Crippen LogP contribution in [0.3, 0.4) is 0 Å². The molecule has 22 heavy (non-hydrogen) atoms. The van der Waals surface area contributed by atoms with E-state index in [1.165, 1.54) is 11.3 Å². The van der Waals surface area contributed by atoms with Crippen LogP contribution in [0.2, 0.25) is 0 Å². The molecule has 1 aromatic rings. The highest BCUT2D eigenvalue weighted by Crippen LogP contribution is 2.28. The smallest absolute Gasteiger partial charge is 0.265 e. The molecule has 124 valence electrons. The summed E-state index contributed by atoms with van der Waals surface area (Å²) in [6.07, 6.45) is 0.765. The quantitative estimate of drug-likeness (QED) is 0.844. The van der Waals surface area contributed by atoms with Gasteiger partial charge in [0.05, 0.1) is 21.2 Å². The van der Waals surface area contributed by atoms with E-state index >= 15 is 0 Å². The largest absolute Gasteiger partial charge is 0.335 e. The van der Waals surface area contributed by atoms with E-state index in [-0.39, 0.29) is 24.7 Å². The maximum Gasteiger partial charge on any atom is 0.265 e. The average molecular weight is 345 g/mol. The van der Waals surface area contributed by atoms with E-state index in [0.717, 1.165) is 17.1 Å². The fraction of sp³-hybridized carbons (Fsp3) is 0.733. The van der Waals surface area contributed by atoms with Crippen LogP contribution < -0.4 is 0 Å². The number of carbonyl (C=O) groups is 1. The van der Waals surface area contributed by atoms with E-state index in [1.807, 2.05) is 6.92 Å². The number of carbonyl (C=O) groups excluding carboxylic acids is 1. The summed E-state index contributed by atoms with van der Waals surface area (Å²) in [6, 6.07) is 0. The minimum absolute atomic E-state index is 0.0308. The first kappa shape index (κ1) is 17.4. The molecule has 1 fully saturated rings. The molecule has 0 spiro atoms. The van der Waals surface area contributed by atoms with Gasteiger partial charge in [0.15, 0.2) is 9.84 Å². The predicted octanol–water partition coefficient (Wildman–Crippen LogP) is 2.30. The average Bonchev–Trinajstić information content (AvgIpc) is 2.72. The lowest BCUT2D eigenvalue weighted by atomic mass is 10.1. The molecular weight excluding hydrogens is 320 g/mol. The molecule has 0 aromatic carbocycles. The Kier molecular flexibility index (Phi) is 4.69. The number of hydrogen-bond acceptors (Lipinski definition) is 5. The Morgan fingerprint density at radius 1 is 1.41 bits per heavy atom. The molecule has 1 saturated heterocycles. The van der Waals surface area contributed by atoms with Gasteiger partial charge in [0, 0.05) is 13.1 Å². The van der Waals surface area contributed by atoms with Crippen LogP contribution in [0.15, 0.2) is 0 Å². The van der Waals surface area contributed by atoms with Gasteiger partial charge in [0.1, 0.15) is 4.88 Å². The van der Waals surface area contributed by atoms with Crippen LogP contribution in [0.1, 0.15) is 48.1 Å². The molecule has 5 nitrogen and oxygen atoms in total. The molecule has 2 heterocycles. The SMILES string of the molecule is Cc1nc(CC(C)C)c(C(=O)N2CCS(=O)(=O)C(C)(C)C2)s1. The molecule has 0 aliphatic carbocycles. The maximum absolute atomic E-state index is 12.8. The molecule has 0 atom stereocenters. The second-order valence-corrected chi connectivity index (χ2v) is 10.9. The molecule has 2 rings (SSSR count). The van der Waals surface area contributed by atoms with Crippen molar-refractivity contribution in [3.05, 3.63) is 15.6 Å². The number of hydrogen-bond donors (Lipinski definition) is 0. The Morgan fingerprint density at radius 3 is 2.59 bits per heavy atom. The molecule has 1 aliphatic rings. The van der Waals surface area contributed by atoms with Crippen LogP contribution in [0, 0.1) is 12.8 Å². The van der Waals surface area contributed by atoms with Crippen molar-refractivity contribution in [2.75, 3.05) is 18.8 Å². The first-order valence-electron chi connectivity index (χ1n) is 7.51. The zero-order chi connectivity index (χ0) is 16.7. The number of thiazole rings is 1. The second kappa shape index (κ2) is 5.92. The van der Waals surface area contributed by atoms with Gasteiger partial charge in [0.25, 0.3) is 5.91 Å². The maximum atomic E-state index is 12.8. The van der Waals surface area contributed by atoms with E-state index < -0.39 is 14.6 Å². The second-order valence-electron chi connectivity index (χ2n) is 6.91. The van der Waals surface area contributed by atoms with E-state index in [0.29, 0.717) is 10.8 Å². The van der Waals surface area contributed by atoms with Crippen LogP contribution in [0.25, 0.3) is 0 Å². The Labute approximate surface area is 136 Å².